The lowest BCUT2D eigenvalue weighted by atomic mass is 9.95. The zero-order valence-electron chi connectivity index (χ0n) is 20.1. The molecule has 0 saturated carbocycles. The van der Waals surface area contributed by atoms with Crippen LogP contribution in [0.1, 0.15) is 37.6 Å². The average molecular weight is 531 g/mol. The van der Waals surface area contributed by atoms with Crippen molar-refractivity contribution in [3.05, 3.63) is 88.7 Å². The highest BCUT2D eigenvalue weighted by atomic mass is 79.9. The predicted octanol–water partition coefficient (Wildman–Crippen LogP) is 6.59. The minimum atomic E-state index is 0.0461. The van der Waals surface area contributed by atoms with Crippen LogP contribution in [0.25, 0.3) is 16.7 Å². The van der Waals surface area contributed by atoms with Gasteiger partial charge in [-0.2, -0.15) is 0 Å². The molecule has 1 aliphatic rings. The molecule has 5 nitrogen and oxygen atoms in total. The Hall–Kier alpha value is -2.96. The number of nitrogens with zero attached hydrogens (tertiary/aromatic N) is 3. The molecule has 0 atom stereocenters. The summed E-state index contributed by atoms with van der Waals surface area (Å²) >= 11 is 3.61. The Kier molecular flexibility index (Phi) is 7.30. The molecule has 1 N–H and O–H groups in total. The van der Waals surface area contributed by atoms with Crippen LogP contribution < -0.4 is 5.32 Å². The van der Waals surface area contributed by atoms with Gasteiger partial charge in [0.25, 0.3) is 0 Å². The summed E-state index contributed by atoms with van der Waals surface area (Å²) in [6.45, 7) is 4.70. The lowest BCUT2D eigenvalue weighted by molar-refractivity contribution is -0.121. The molecule has 180 valence electrons. The lowest BCUT2D eigenvalue weighted by Gasteiger charge is -2.31. The highest BCUT2D eigenvalue weighted by molar-refractivity contribution is 9.10. The Labute approximate surface area is 215 Å². The summed E-state index contributed by atoms with van der Waals surface area (Å²) < 4.78 is 3.30. The van der Waals surface area contributed by atoms with Gasteiger partial charge in [-0.25, -0.2) is 4.98 Å². The van der Waals surface area contributed by atoms with E-state index in [4.69, 9.17) is 4.98 Å². The summed E-state index contributed by atoms with van der Waals surface area (Å²) in [6.07, 6.45) is 3.77. The third-order valence-corrected chi connectivity index (χ3v) is 7.31. The van der Waals surface area contributed by atoms with Gasteiger partial charge < -0.3 is 5.32 Å². The van der Waals surface area contributed by atoms with Crippen LogP contribution in [0, 0.1) is 5.92 Å². The third kappa shape index (κ3) is 5.34. The van der Waals surface area contributed by atoms with Crippen molar-refractivity contribution >= 4 is 38.6 Å². The number of hydrogen-bond donors (Lipinski definition) is 1. The number of rotatable bonds is 7. The number of fused-ring (bicyclic) bond motifs is 1. The summed E-state index contributed by atoms with van der Waals surface area (Å²) in [5.74, 6) is 1.22. The smallest absolute Gasteiger partial charge is 0.227 e. The third-order valence-electron chi connectivity index (χ3n) is 6.81. The molecule has 35 heavy (non-hydrogen) atoms. The van der Waals surface area contributed by atoms with Crippen LogP contribution in [0.2, 0.25) is 0 Å². The van der Waals surface area contributed by atoms with Crippen LogP contribution in [-0.4, -0.2) is 33.4 Å². The van der Waals surface area contributed by atoms with Crippen LogP contribution in [0.4, 0.5) is 5.69 Å². The lowest BCUT2D eigenvalue weighted by Crippen LogP contribution is -2.38. The second kappa shape index (κ2) is 10.8. The SMILES string of the molecule is CCCc1ccccc1NC(=O)C1CCN(Cc2nc3ccccc3n2-c2cccc(Br)c2)CC1. The number of benzene rings is 3. The van der Waals surface area contributed by atoms with E-state index < -0.39 is 0 Å². The van der Waals surface area contributed by atoms with E-state index >= 15 is 0 Å². The van der Waals surface area contributed by atoms with Gasteiger partial charge in [0, 0.05) is 21.8 Å². The molecule has 3 aromatic carbocycles. The Morgan fingerprint density at radius 3 is 2.60 bits per heavy atom. The van der Waals surface area contributed by atoms with E-state index in [-0.39, 0.29) is 11.8 Å². The molecule has 6 heteroatoms. The van der Waals surface area contributed by atoms with E-state index in [1.165, 1.54) is 5.56 Å². The number of anilines is 1. The van der Waals surface area contributed by atoms with Gasteiger partial charge in [0.1, 0.15) is 5.82 Å². The van der Waals surface area contributed by atoms with Gasteiger partial charge in [-0.1, -0.05) is 65.7 Å². The van der Waals surface area contributed by atoms with Gasteiger partial charge in [-0.3, -0.25) is 14.3 Å². The van der Waals surface area contributed by atoms with Crippen LogP contribution in [0.15, 0.2) is 77.3 Å². The predicted molar refractivity (Wildman–Crippen MR) is 146 cm³/mol. The van der Waals surface area contributed by atoms with Crippen molar-refractivity contribution in [1.29, 1.82) is 0 Å². The molecule has 0 spiro atoms. The number of amides is 1. The molecular weight excluding hydrogens is 500 g/mol. The molecule has 0 aliphatic carbocycles. The first-order valence-electron chi connectivity index (χ1n) is 12.5. The largest absolute Gasteiger partial charge is 0.326 e. The monoisotopic (exact) mass is 530 g/mol. The van der Waals surface area contributed by atoms with Gasteiger partial charge in [0.2, 0.25) is 5.91 Å². The Bertz CT molecular complexity index is 1320. The molecule has 1 fully saturated rings. The van der Waals surface area contributed by atoms with E-state index in [2.05, 4.69) is 80.1 Å². The number of halogens is 1. The molecule has 0 radical (unpaired) electrons. The highest BCUT2D eigenvalue weighted by Gasteiger charge is 2.26. The maximum Gasteiger partial charge on any atom is 0.227 e. The number of piperidine rings is 1. The molecule has 0 unspecified atom stereocenters. The highest BCUT2D eigenvalue weighted by Crippen LogP contribution is 2.27. The second-order valence-corrected chi connectivity index (χ2v) is 10.2. The quantitative estimate of drug-likeness (QED) is 0.293. The van der Waals surface area contributed by atoms with Crippen molar-refractivity contribution in [2.75, 3.05) is 18.4 Å². The molecule has 5 rings (SSSR count). The van der Waals surface area contributed by atoms with Gasteiger partial charge in [-0.05, 0) is 74.3 Å². The van der Waals surface area contributed by atoms with Crippen LogP contribution in [0.5, 0.6) is 0 Å². The number of imidazole rings is 1. The Morgan fingerprint density at radius 1 is 1.03 bits per heavy atom. The van der Waals surface area contributed by atoms with Gasteiger partial charge >= 0.3 is 0 Å². The van der Waals surface area contributed by atoms with E-state index in [0.29, 0.717) is 0 Å². The molecule has 1 aliphatic heterocycles. The maximum absolute atomic E-state index is 13.0. The summed E-state index contributed by atoms with van der Waals surface area (Å²) in [5.41, 5.74) is 5.39. The zero-order valence-corrected chi connectivity index (χ0v) is 21.7. The molecule has 1 aromatic heterocycles. The normalized spacial score (nSPS) is 14.9. The molecule has 1 saturated heterocycles. The summed E-state index contributed by atoms with van der Waals surface area (Å²) in [4.78, 5) is 20.4. The number of aromatic nitrogens is 2. The van der Waals surface area contributed by atoms with Crippen molar-refractivity contribution < 1.29 is 4.79 Å². The summed E-state index contributed by atoms with van der Waals surface area (Å²) in [5, 5.41) is 3.20. The first-order valence-corrected chi connectivity index (χ1v) is 13.2. The number of aryl methyl sites for hydroxylation is 1. The Morgan fingerprint density at radius 2 is 1.80 bits per heavy atom. The number of carbonyl (C=O) groups is 1. The van der Waals surface area contributed by atoms with E-state index in [9.17, 15) is 4.79 Å². The summed E-state index contributed by atoms with van der Waals surface area (Å²) in [6, 6.07) is 24.8. The van der Waals surface area contributed by atoms with Crippen molar-refractivity contribution in [2.45, 2.75) is 39.2 Å². The number of nitrogens with one attached hydrogen (secondary N) is 1. The van der Waals surface area contributed by atoms with Crippen molar-refractivity contribution in [3.8, 4) is 5.69 Å². The maximum atomic E-state index is 13.0. The fourth-order valence-corrected chi connectivity index (χ4v) is 5.39. The minimum Gasteiger partial charge on any atom is -0.326 e. The first kappa shape index (κ1) is 23.8. The number of para-hydroxylation sites is 3. The molecule has 1 amide bonds. The van der Waals surface area contributed by atoms with E-state index in [1.54, 1.807) is 0 Å². The van der Waals surface area contributed by atoms with E-state index in [1.807, 2.05) is 30.3 Å². The number of likely N-dealkylation sites (tertiary alicyclic amines) is 1. The Balaban J connectivity index is 1.28. The fourth-order valence-electron chi connectivity index (χ4n) is 5.00. The van der Waals surface area contributed by atoms with Crippen molar-refractivity contribution in [3.63, 3.8) is 0 Å². The average Bonchev–Trinajstić information content (AvgIpc) is 3.23. The van der Waals surface area contributed by atoms with Gasteiger partial charge in [0.15, 0.2) is 0 Å². The first-order chi connectivity index (χ1) is 17.1. The molecule has 0 bridgehead atoms. The van der Waals surface area contributed by atoms with Gasteiger partial charge in [0.05, 0.1) is 17.6 Å². The van der Waals surface area contributed by atoms with Crippen LogP contribution >= 0.6 is 15.9 Å². The van der Waals surface area contributed by atoms with Crippen molar-refractivity contribution in [1.82, 2.24) is 14.5 Å². The van der Waals surface area contributed by atoms with Crippen molar-refractivity contribution in [2.24, 2.45) is 5.92 Å². The molecular formula is C29H31BrN4O. The fraction of sp³-hybridized carbons (Fsp3) is 0.310. The molecule has 4 aromatic rings. The minimum absolute atomic E-state index is 0.0461. The molecule has 2 heterocycles. The second-order valence-electron chi connectivity index (χ2n) is 9.28. The zero-order chi connectivity index (χ0) is 24.2. The van der Waals surface area contributed by atoms with Crippen LogP contribution in [0.3, 0.4) is 0 Å². The number of carbonyl (C=O) groups excluding carboxylic acids is 1. The summed E-state index contributed by atoms with van der Waals surface area (Å²) in [7, 11) is 0. The number of hydrogen-bond acceptors (Lipinski definition) is 3. The standard InChI is InChI=1S/C29H31BrN4O/c1-2-8-21-9-3-4-12-25(21)32-29(35)22-15-17-33(18-16-22)20-28-31-26-13-5-6-14-27(26)34(28)24-11-7-10-23(30)19-24/h3-7,9-14,19,22H,2,8,15-18,20H2,1H3,(H,32,35). The topological polar surface area (TPSA) is 50.2 Å². The van der Waals surface area contributed by atoms with Crippen LogP contribution in [-0.2, 0) is 17.8 Å². The van der Waals surface area contributed by atoms with Gasteiger partial charge in [-0.15, -0.1) is 0 Å². The van der Waals surface area contributed by atoms with E-state index in [0.717, 1.165) is 78.0 Å².